The van der Waals surface area contributed by atoms with Crippen molar-refractivity contribution in [1.82, 2.24) is 4.98 Å². The van der Waals surface area contributed by atoms with E-state index in [-0.39, 0.29) is 0 Å². The van der Waals surface area contributed by atoms with E-state index >= 15 is 0 Å². The van der Waals surface area contributed by atoms with Gasteiger partial charge in [-0.15, -0.1) is 0 Å². The van der Waals surface area contributed by atoms with Gasteiger partial charge in [0.1, 0.15) is 0 Å². The van der Waals surface area contributed by atoms with Crippen molar-refractivity contribution in [2.75, 3.05) is 5.73 Å². The Hall–Kier alpha value is -0.580. The molecule has 0 unspecified atom stereocenters. The average molecular weight is 290 g/mol. The van der Waals surface area contributed by atoms with Crippen molar-refractivity contribution in [3.05, 3.63) is 33.9 Å². The van der Waals surface area contributed by atoms with Gasteiger partial charge in [0.15, 0.2) is 5.13 Å². The van der Waals surface area contributed by atoms with Gasteiger partial charge in [0.05, 0.1) is 4.88 Å². The van der Waals surface area contributed by atoms with E-state index in [2.05, 4.69) is 20.9 Å². The highest BCUT2D eigenvalue weighted by atomic mass is 79.9. The summed E-state index contributed by atoms with van der Waals surface area (Å²) in [4.78, 5) is 5.03. The van der Waals surface area contributed by atoms with Gasteiger partial charge in [0.25, 0.3) is 0 Å². The first kappa shape index (κ1) is 9.96. The quantitative estimate of drug-likeness (QED) is 0.867. The van der Waals surface area contributed by atoms with Gasteiger partial charge in [-0.3, -0.25) is 0 Å². The van der Waals surface area contributed by atoms with Crippen LogP contribution in [0.25, 0.3) is 10.4 Å². The molecule has 72 valence electrons. The Morgan fingerprint density at radius 3 is 2.79 bits per heavy atom. The topological polar surface area (TPSA) is 38.9 Å². The van der Waals surface area contributed by atoms with Crippen molar-refractivity contribution in [3.8, 4) is 10.4 Å². The molecular weight excluding hydrogens is 284 g/mol. The third-order valence-electron chi connectivity index (χ3n) is 1.72. The zero-order chi connectivity index (χ0) is 10.1. The zero-order valence-corrected chi connectivity index (χ0v) is 10.2. The number of nitrogen functional groups attached to an aromatic ring is 1. The fourth-order valence-corrected chi connectivity index (χ4v) is 2.85. The molecule has 0 saturated carbocycles. The van der Waals surface area contributed by atoms with Gasteiger partial charge < -0.3 is 5.73 Å². The number of anilines is 1. The molecule has 2 rings (SSSR count). The summed E-state index contributed by atoms with van der Waals surface area (Å²) in [5, 5.41) is 1.28. The molecule has 0 radical (unpaired) electrons. The third kappa shape index (κ3) is 1.92. The molecule has 1 aromatic carbocycles. The van der Waals surface area contributed by atoms with Crippen LogP contribution >= 0.6 is 38.9 Å². The van der Waals surface area contributed by atoms with Gasteiger partial charge in [0, 0.05) is 21.3 Å². The fourth-order valence-electron chi connectivity index (χ4n) is 1.10. The van der Waals surface area contributed by atoms with Gasteiger partial charge in [-0.05, 0) is 12.1 Å². The number of nitrogens with zero attached hydrogens (tertiary/aromatic N) is 1. The molecule has 0 spiro atoms. The maximum Gasteiger partial charge on any atom is 0.180 e. The Morgan fingerprint density at radius 1 is 1.43 bits per heavy atom. The van der Waals surface area contributed by atoms with Crippen molar-refractivity contribution in [3.63, 3.8) is 0 Å². The van der Waals surface area contributed by atoms with E-state index < -0.39 is 0 Å². The van der Waals surface area contributed by atoms with Gasteiger partial charge in [-0.2, -0.15) is 0 Å². The highest BCUT2D eigenvalue weighted by molar-refractivity contribution is 9.10. The van der Waals surface area contributed by atoms with Crippen LogP contribution in [0.4, 0.5) is 5.13 Å². The normalized spacial score (nSPS) is 10.4. The van der Waals surface area contributed by atoms with Crippen LogP contribution in [-0.2, 0) is 0 Å². The number of rotatable bonds is 1. The smallest absolute Gasteiger partial charge is 0.180 e. The first-order valence-corrected chi connectivity index (χ1v) is 5.82. The average Bonchev–Trinajstić information content (AvgIpc) is 2.51. The number of halogens is 2. The standard InChI is InChI=1S/C9H6BrClN2S/c10-7-3-5(11)1-2-6(7)8-4-13-9(12)14-8/h1-4H,(H2,12,13). The SMILES string of the molecule is Nc1ncc(-c2ccc(Cl)cc2Br)s1. The summed E-state index contributed by atoms with van der Waals surface area (Å²) in [6.45, 7) is 0. The molecule has 0 amide bonds. The van der Waals surface area contributed by atoms with Gasteiger partial charge in [-0.1, -0.05) is 44.9 Å². The summed E-state index contributed by atoms with van der Waals surface area (Å²) >= 11 is 10.7. The molecule has 0 saturated heterocycles. The molecule has 2 nitrogen and oxygen atoms in total. The van der Waals surface area contributed by atoms with E-state index in [1.807, 2.05) is 18.2 Å². The van der Waals surface area contributed by atoms with Crippen LogP contribution in [0.1, 0.15) is 0 Å². The lowest BCUT2D eigenvalue weighted by Gasteiger charge is -2.00. The van der Waals surface area contributed by atoms with Crippen LogP contribution in [-0.4, -0.2) is 4.98 Å². The van der Waals surface area contributed by atoms with Gasteiger partial charge in [0.2, 0.25) is 0 Å². The molecule has 0 aliphatic heterocycles. The molecule has 1 aromatic heterocycles. The maximum atomic E-state index is 5.84. The Bertz CT molecular complexity index is 470. The first-order chi connectivity index (χ1) is 6.66. The summed E-state index contributed by atoms with van der Waals surface area (Å²) in [5.41, 5.74) is 6.62. The molecule has 1 heterocycles. The van der Waals surface area contributed by atoms with Crippen LogP contribution in [0.2, 0.25) is 5.02 Å². The minimum atomic E-state index is 0.571. The van der Waals surface area contributed by atoms with Crippen LogP contribution in [0.5, 0.6) is 0 Å². The van der Waals surface area contributed by atoms with E-state index in [0.717, 1.165) is 14.9 Å². The zero-order valence-electron chi connectivity index (χ0n) is 7.00. The van der Waals surface area contributed by atoms with Crippen molar-refractivity contribution in [1.29, 1.82) is 0 Å². The summed E-state index contributed by atoms with van der Waals surface area (Å²) in [6, 6.07) is 5.64. The molecule has 0 aliphatic rings. The molecule has 2 aromatic rings. The maximum absolute atomic E-state index is 5.84. The highest BCUT2D eigenvalue weighted by Gasteiger charge is 2.06. The molecule has 5 heteroatoms. The van der Waals surface area contributed by atoms with Gasteiger partial charge >= 0.3 is 0 Å². The Balaban J connectivity index is 2.52. The predicted molar refractivity (Wildman–Crippen MR) is 64.7 cm³/mol. The Kier molecular flexibility index (Phi) is 2.76. The molecule has 0 atom stereocenters. The van der Waals surface area contributed by atoms with E-state index in [4.69, 9.17) is 17.3 Å². The Morgan fingerprint density at radius 2 is 2.21 bits per heavy atom. The van der Waals surface area contributed by atoms with Crippen LogP contribution < -0.4 is 5.73 Å². The second-order valence-electron chi connectivity index (χ2n) is 2.69. The van der Waals surface area contributed by atoms with Gasteiger partial charge in [-0.25, -0.2) is 4.98 Å². The van der Waals surface area contributed by atoms with Crippen molar-refractivity contribution in [2.45, 2.75) is 0 Å². The van der Waals surface area contributed by atoms with Crippen LogP contribution in [0.15, 0.2) is 28.9 Å². The molecular formula is C9H6BrClN2S. The molecule has 0 bridgehead atoms. The van der Waals surface area contributed by atoms with E-state index in [9.17, 15) is 0 Å². The van der Waals surface area contributed by atoms with E-state index in [1.165, 1.54) is 11.3 Å². The van der Waals surface area contributed by atoms with E-state index in [1.54, 1.807) is 6.20 Å². The fraction of sp³-hybridized carbons (Fsp3) is 0. The van der Waals surface area contributed by atoms with Crippen molar-refractivity contribution in [2.24, 2.45) is 0 Å². The van der Waals surface area contributed by atoms with Crippen molar-refractivity contribution < 1.29 is 0 Å². The van der Waals surface area contributed by atoms with Crippen LogP contribution in [0, 0.1) is 0 Å². The molecule has 14 heavy (non-hydrogen) atoms. The minimum absolute atomic E-state index is 0.571. The summed E-state index contributed by atoms with van der Waals surface area (Å²) < 4.78 is 0.952. The summed E-state index contributed by atoms with van der Waals surface area (Å²) in [7, 11) is 0. The largest absolute Gasteiger partial charge is 0.375 e. The molecule has 0 fully saturated rings. The summed E-state index contributed by atoms with van der Waals surface area (Å²) in [6.07, 6.45) is 1.76. The van der Waals surface area contributed by atoms with Crippen molar-refractivity contribution >= 4 is 44.0 Å². The second kappa shape index (κ2) is 3.88. The number of hydrogen-bond acceptors (Lipinski definition) is 3. The Labute approximate surface area is 98.9 Å². The second-order valence-corrected chi connectivity index (χ2v) is 5.04. The number of nitrogens with two attached hydrogens (primary N) is 1. The lowest BCUT2D eigenvalue weighted by Crippen LogP contribution is -1.77. The van der Waals surface area contributed by atoms with E-state index in [0.29, 0.717) is 10.2 Å². The number of hydrogen-bond donors (Lipinski definition) is 1. The molecule has 0 aliphatic carbocycles. The minimum Gasteiger partial charge on any atom is -0.375 e. The molecule has 2 N–H and O–H groups in total. The van der Waals surface area contributed by atoms with Crippen LogP contribution in [0.3, 0.4) is 0 Å². The number of benzene rings is 1. The number of thiazole rings is 1. The predicted octanol–water partition coefficient (Wildman–Crippen LogP) is 3.81. The third-order valence-corrected chi connectivity index (χ3v) is 3.47. The lowest BCUT2D eigenvalue weighted by atomic mass is 10.2. The first-order valence-electron chi connectivity index (χ1n) is 3.83. The summed E-state index contributed by atoms with van der Waals surface area (Å²) in [5.74, 6) is 0. The lowest BCUT2D eigenvalue weighted by molar-refractivity contribution is 1.42. The monoisotopic (exact) mass is 288 g/mol. The number of aromatic nitrogens is 1. The highest BCUT2D eigenvalue weighted by Crippen LogP contribution is 2.34.